The van der Waals surface area contributed by atoms with Crippen molar-refractivity contribution in [3.63, 3.8) is 0 Å². The Labute approximate surface area is 264 Å². The predicted octanol–water partition coefficient (Wildman–Crippen LogP) is 5.18. The molecule has 236 valence electrons. The van der Waals surface area contributed by atoms with Crippen LogP contribution in [0.4, 0.5) is 5.69 Å². The number of anilines is 1. The molecule has 2 heterocycles. The summed E-state index contributed by atoms with van der Waals surface area (Å²) in [4.78, 5) is 29.8. The van der Waals surface area contributed by atoms with Crippen LogP contribution in [0.2, 0.25) is 5.02 Å². The lowest BCUT2D eigenvalue weighted by Crippen LogP contribution is -2.49. The minimum Gasteiger partial charge on any atom is -0.490 e. The minimum absolute atomic E-state index is 0.0272. The fraction of sp³-hybridized carbons (Fsp3) is 0.543. The van der Waals surface area contributed by atoms with E-state index in [9.17, 15) is 19.8 Å². The van der Waals surface area contributed by atoms with Crippen molar-refractivity contribution in [1.29, 1.82) is 0 Å². The first kappa shape index (κ1) is 30.9. The lowest BCUT2D eigenvalue weighted by atomic mass is 9.68. The number of hydrogen-bond donors (Lipinski definition) is 2. The van der Waals surface area contributed by atoms with E-state index in [1.165, 1.54) is 16.0 Å². The van der Waals surface area contributed by atoms with E-state index in [-0.39, 0.29) is 23.0 Å². The number of amides is 1. The maximum Gasteiger partial charge on any atom is 0.340 e. The summed E-state index contributed by atoms with van der Waals surface area (Å²) in [5, 5.41) is 22.7. The molecule has 4 aliphatic rings. The summed E-state index contributed by atoms with van der Waals surface area (Å²) in [6.45, 7) is 4.32. The Hall–Kier alpha value is -3.07. The van der Waals surface area contributed by atoms with Crippen LogP contribution in [0.15, 0.2) is 48.6 Å². The number of ether oxygens (including phenoxy) is 2. The van der Waals surface area contributed by atoms with Crippen LogP contribution in [0.3, 0.4) is 0 Å². The molecule has 0 saturated heterocycles. The van der Waals surface area contributed by atoms with E-state index in [0.717, 1.165) is 49.4 Å². The van der Waals surface area contributed by atoms with E-state index in [1.807, 2.05) is 13.0 Å². The Balaban J connectivity index is 1.47. The predicted molar refractivity (Wildman–Crippen MR) is 169 cm³/mol. The van der Waals surface area contributed by atoms with Crippen molar-refractivity contribution in [1.82, 2.24) is 4.90 Å². The van der Waals surface area contributed by atoms with Crippen molar-refractivity contribution in [3.8, 4) is 5.75 Å². The van der Waals surface area contributed by atoms with Gasteiger partial charge in [0.25, 0.3) is 0 Å². The van der Waals surface area contributed by atoms with E-state index in [0.29, 0.717) is 37.3 Å². The van der Waals surface area contributed by atoms with E-state index in [4.69, 9.17) is 21.1 Å². The first-order valence-electron chi connectivity index (χ1n) is 15.7. The molecule has 6 atom stereocenters. The van der Waals surface area contributed by atoms with Crippen molar-refractivity contribution in [2.45, 2.75) is 62.6 Å². The van der Waals surface area contributed by atoms with Crippen molar-refractivity contribution in [2.24, 2.45) is 17.8 Å². The van der Waals surface area contributed by atoms with Gasteiger partial charge in [-0.25, -0.2) is 4.79 Å². The summed E-state index contributed by atoms with van der Waals surface area (Å²) >= 11 is 6.41. The second-order valence-corrected chi connectivity index (χ2v) is 13.9. The van der Waals surface area contributed by atoms with Crippen LogP contribution in [0.25, 0.3) is 0 Å². The van der Waals surface area contributed by atoms with E-state index in [1.54, 1.807) is 32.4 Å². The second-order valence-electron chi connectivity index (χ2n) is 13.5. The fourth-order valence-electron chi connectivity index (χ4n) is 7.85. The quantitative estimate of drug-likeness (QED) is 0.445. The molecule has 0 unspecified atom stereocenters. The number of rotatable bonds is 2. The van der Waals surface area contributed by atoms with Crippen molar-refractivity contribution < 1.29 is 29.3 Å². The molecule has 0 aromatic heterocycles. The van der Waals surface area contributed by atoms with Crippen LogP contribution in [0, 0.1) is 17.8 Å². The summed E-state index contributed by atoms with van der Waals surface area (Å²) in [7, 11) is 3.41. The molecule has 2 aromatic carbocycles. The highest BCUT2D eigenvalue weighted by Gasteiger charge is 2.46. The zero-order chi connectivity index (χ0) is 31.2. The summed E-state index contributed by atoms with van der Waals surface area (Å²) in [6.07, 6.45) is 8.66. The van der Waals surface area contributed by atoms with Crippen LogP contribution in [-0.4, -0.2) is 73.5 Å². The summed E-state index contributed by atoms with van der Waals surface area (Å²) in [6, 6.07) is 11.3. The number of nitrogens with zero attached hydrogens (tertiary/aromatic N) is 2. The standard InChI is InChI=1S/C35H43ClN2O6/c1-22-6-12-30(43-3)27-10-7-24(27)19-38-20-34(14-4-5-23-15-26(36)9-11-28(23)34)21-44-31-13-8-25(16-29(31)38)35(42,33(40)41)17-32(39)37(2)18-22/h6,8-9,11-13,15-16,22,24,27,30,42H,4-5,7,10,14,17-21H2,1-3H3,(H,40,41)/b12-6+/t22-,24+,27-,30+,34+,35-/m1/s1. The number of carboxylic acid groups (broad SMARTS) is 1. The molecule has 2 aromatic rings. The first-order chi connectivity index (χ1) is 21.0. The number of carbonyl (C=O) groups is 2. The summed E-state index contributed by atoms with van der Waals surface area (Å²) in [5.41, 5.74) is 0.746. The van der Waals surface area contributed by atoms with Crippen LogP contribution >= 0.6 is 11.6 Å². The van der Waals surface area contributed by atoms with Crippen LogP contribution < -0.4 is 9.64 Å². The van der Waals surface area contributed by atoms with Gasteiger partial charge in [0.2, 0.25) is 5.91 Å². The average molecular weight is 623 g/mol. The third-order valence-electron chi connectivity index (χ3n) is 10.5. The highest BCUT2D eigenvalue weighted by Crippen LogP contribution is 2.47. The Kier molecular flexibility index (Phi) is 8.46. The van der Waals surface area contributed by atoms with E-state index < -0.39 is 23.9 Å². The number of halogens is 1. The van der Waals surface area contributed by atoms with Crippen LogP contribution in [0.1, 0.15) is 55.7 Å². The van der Waals surface area contributed by atoms with Gasteiger partial charge in [0.05, 0.1) is 24.8 Å². The highest BCUT2D eigenvalue weighted by molar-refractivity contribution is 6.30. The molecule has 1 fully saturated rings. The van der Waals surface area contributed by atoms with Gasteiger partial charge in [-0.2, -0.15) is 0 Å². The Bertz CT molecular complexity index is 1460. The largest absolute Gasteiger partial charge is 0.490 e. The summed E-state index contributed by atoms with van der Waals surface area (Å²) < 4.78 is 12.6. The number of aliphatic carboxylic acids is 1. The van der Waals surface area contributed by atoms with Gasteiger partial charge >= 0.3 is 5.97 Å². The van der Waals surface area contributed by atoms with Gasteiger partial charge in [0.1, 0.15) is 5.75 Å². The van der Waals surface area contributed by atoms with Gasteiger partial charge in [-0.05, 0) is 90.8 Å². The van der Waals surface area contributed by atoms with Crippen molar-refractivity contribution in [3.05, 3.63) is 70.3 Å². The molecule has 44 heavy (non-hydrogen) atoms. The zero-order valence-corrected chi connectivity index (χ0v) is 26.6. The van der Waals surface area contributed by atoms with Gasteiger partial charge in [0.15, 0.2) is 5.60 Å². The third kappa shape index (κ3) is 5.61. The van der Waals surface area contributed by atoms with Gasteiger partial charge in [-0.3, -0.25) is 4.79 Å². The molecule has 2 N–H and O–H groups in total. The Morgan fingerprint density at radius 3 is 2.68 bits per heavy atom. The molecule has 2 aliphatic heterocycles. The fourth-order valence-corrected chi connectivity index (χ4v) is 8.05. The molecule has 1 spiro atoms. The maximum absolute atomic E-state index is 13.3. The molecule has 9 heteroatoms. The monoisotopic (exact) mass is 622 g/mol. The Morgan fingerprint density at radius 1 is 1.14 bits per heavy atom. The molecule has 6 rings (SSSR count). The van der Waals surface area contributed by atoms with Crippen molar-refractivity contribution in [2.75, 3.05) is 45.3 Å². The molecule has 1 amide bonds. The zero-order valence-electron chi connectivity index (χ0n) is 25.8. The average Bonchev–Trinajstić information content (AvgIpc) is 3.13. The SMILES string of the molecule is CO[C@H]1/C=C/[C@@H](C)CN(C)C(=O)C[C@](O)(C(=O)O)c2ccc3c(c2)N(C[C@@H]2CC[C@H]21)C[C@@]1(CCCc2cc(Cl)ccc21)CO3. The minimum atomic E-state index is -2.39. The lowest BCUT2D eigenvalue weighted by Gasteiger charge is -2.46. The normalized spacial score (nSPS) is 33.0. The Morgan fingerprint density at radius 2 is 1.95 bits per heavy atom. The molecule has 0 radical (unpaired) electrons. The molecule has 2 aliphatic carbocycles. The van der Waals surface area contributed by atoms with Gasteiger partial charge in [0, 0.05) is 44.2 Å². The van der Waals surface area contributed by atoms with E-state index >= 15 is 0 Å². The van der Waals surface area contributed by atoms with Crippen LogP contribution in [-0.2, 0) is 31.8 Å². The molecular formula is C35H43ClN2O6. The molecule has 8 nitrogen and oxygen atoms in total. The maximum atomic E-state index is 13.3. The summed E-state index contributed by atoms with van der Waals surface area (Å²) in [5.74, 6) is -0.530. The number of methoxy groups -OCH3 is 1. The van der Waals surface area contributed by atoms with Crippen molar-refractivity contribution >= 4 is 29.2 Å². The smallest absolute Gasteiger partial charge is 0.340 e. The molecule has 1 saturated carbocycles. The number of hydrogen-bond acceptors (Lipinski definition) is 6. The number of carboxylic acids is 1. The number of aliphatic hydroxyl groups is 1. The number of carbonyl (C=O) groups excluding carboxylic acids is 1. The third-order valence-corrected chi connectivity index (χ3v) is 10.8. The topological polar surface area (TPSA) is 99.5 Å². The number of fused-ring (bicyclic) bond motifs is 4. The molecular weight excluding hydrogens is 580 g/mol. The number of benzene rings is 2. The lowest BCUT2D eigenvalue weighted by molar-refractivity contribution is -0.164. The second kappa shape index (κ2) is 12.0. The van der Waals surface area contributed by atoms with Gasteiger partial charge in [-0.1, -0.05) is 42.8 Å². The van der Waals surface area contributed by atoms with Crippen LogP contribution in [0.5, 0.6) is 5.75 Å². The molecule has 2 bridgehead atoms. The highest BCUT2D eigenvalue weighted by atomic mass is 35.5. The first-order valence-corrected chi connectivity index (χ1v) is 16.1. The van der Waals surface area contributed by atoms with Gasteiger partial charge in [-0.15, -0.1) is 0 Å². The van der Waals surface area contributed by atoms with Gasteiger partial charge < -0.3 is 29.5 Å². The number of aryl methyl sites for hydroxylation is 1. The van der Waals surface area contributed by atoms with E-state index in [2.05, 4.69) is 29.2 Å².